The summed E-state index contributed by atoms with van der Waals surface area (Å²) in [5, 5.41) is 0. The van der Waals surface area contributed by atoms with Gasteiger partial charge in [0.2, 0.25) is 0 Å². The number of nitrogens with zero attached hydrogens (tertiary/aromatic N) is 1. The molecule has 2 N–H and O–H groups in total. The molecule has 11 heavy (non-hydrogen) atoms. The standard InChI is InChI=1S/C8H14N2S/c1-6(2)3-7-8(4-9)11-5-10-7/h5-6H,3-4,9H2,1-2H3. The van der Waals surface area contributed by atoms with Gasteiger partial charge in [-0.3, -0.25) is 0 Å². The Kier molecular flexibility index (Phi) is 3.02. The van der Waals surface area contributed by atoms with Crippen molar-refractivity contribution in [3.05, 3.63) is 16.1 Å². The molecular formula is C8H14N2S. The van der Waals surface area contributed by atoms with Crippen molar-refractivity contribution >= 4 is 11.3 Å². The van der Waals surface area contributed by atoms with E-state index in [2.05, 4.69) is 18.8 Å². The van der Waals surface area contributed by atoms with Crippen LogP contribution in [0.2, 0.25) is 0 Å². The highest BCUT2D eigenvalue weighted by Gasteiger charge is 2.05. The Labute approximate surface area is 71.5 Å². The number of rotatable bonds is 3. The molecule has 0 amide bonds. The first kappa shape index (κ1) is 8.68. The van der Waals surface area contributed by atoms with Gasteiger partial charge in [-0.15, -0.1) is 11.3 Å². The average Bonchev–Trinajstić information content (AvgIpc) is 2.34. The van der Waals surface area contributed by atoms with Gasteiger partial charge in [-0.25, -0.2) is 4.98 Å². The van der Waals surface area contributed by atoms with E-state index in [1.807, 2.05) is 5.51 Å². The fourth-order valence-corrected chi connectivity index (χ4v) is 1.69. The van der Waals surface area contributed by atoms with Crippen LogP contribution in [0.15, 0.2) is 5.51 Å². The van der Waals surface area contributed by atoms with Crippen LogP contribution in [0.5, 0.6) is 0 Å². The van der Waals surface area contributed by atoms with Gasteiger partial charge in [-0.1, -0.05) is 13.8 Å². The van der Waals surface area contributed by atoms with E-state index >= 15 is 0 Å². The lowest BCUT2D eigenvalue weighted by atomic mass is 10.1. The van der Waals surface area contributed by atoms with E-state index in [-0.39, 0.29) is 0 Å². The summed E-state index contributed by atoms with van der Waals surface area (Å²) in [6.07, 6.45) is 1.05. The van der Waals surface area contributed by atoms with Gasteiger partial charge in [0.05, 0.1) is 11.2 Å². The summed E-state index contributed by atoms with van der Waals surface area (Å²) in [7, 11) is 0. The molecule has 3 heteroatoms. The Morgan fingerprint density at radius 2 is 2.36 bits per heavy atom. The van der Waals surface area contributed by atoms with Gasteiger partial charge < -0.3 is 5.73 Å². The van der Waals surface area contributed by atoms with Crippen LogP contribution < -0.4 is 5.73 Å². The molecule has 0 saturated heterocycles. The van der Waals surface area contributed by atoms with Crippen LogP contribution in [0.25, 0.3) is 0 Å². The zero-order valence-electron chi connectivity index (χ0n) is 7.00. The minimum Gasteiger partial charge on any atom is -0.326 e. The van der Waals surface area contributed by atoms with Crippen molar-refractivity contribution in [2.75, 3.05) is 0 Å². The van der Waals surface area contributed by atoms with E-state index in [0.717, 1.165) is 6.42 Å². The SMILES string of the molecule is CC(C)Cc1ncsc1CN. The number of hydrogen-bond acceptors (Lipinski definition) is 3. The van der Waals surface area contributed by atoms with Gasteiger partial charge in [0.1, 0.15) is 0 Å². The second kappa shape index (κ2) is 3.83. The second-order valence-electron chi connectivity index (χ2n) is 3.02. The first-order valence-electron chi connectivity index (χ1n) is 3.85. The van der Waals surface area contributed by atoms with Crippen LogP contribution in [0.1, 0.15) is 24.4 Å². The molecule has 2 nitrogen and oxygen atoms in total. The molecule has 1 aromatic rings. The molecule has 0 aromatic carbocycles. The molecule has 0 bridgehead atoms. The molecule has 1 heterocycles. The molecule has 0 saturated carbocycles. The third-order valence-corrected chi connectivity index (χ3v) is 2.41. The van der Waals surface area contributed by atoms with Crippen LogP contribution in [0.4, 0.5) is 0 Å². The van der Waals surface area contributed by atoms with Crippen molar-refractivity contribution in [2.24, 2.45) is 11.7 Å². The van der Waals surface area contributed by atoms with E-state index in [1.54, 1.807) is 11.3 Å². The van der Waals surface area contributed by atoms with Gasteiger partial charge in [0.25, 0.3) is 0 Å². The summed E-state index contributed by atoms with van der Waals surface area (Å²) in [6, 6.07) is 0. The Balaban J connectivity index is 2.68. The highest BCUT2D eigenvalue weighted by molar-refractivity contribution is 7.09. The summed E-state index contributed by atoms with van der Waals surface area (Å²) in [5.41, 5.74) is 8.60. The van der Waals surface area contributed by atoms with Gasteiger partial charge in [-0.05, 0) is 12.3 Å². The Morgan fingerprint density at radius 3 is 2.91 bits per heavy atom. The summed E-state index contributed by atoms with van der Waals surface area (Å²) in [5.74, 6) is 0.669. The zero-order valence-corrected chi connectivity index (χ0v) is 7.82. The molecule has 0 aliphatic rings. The van der Waals surface area contributed by atoms with Crippen LogP contribution in [-0.2, 0) is 13.0 Å². The van der Waals surface area contributed by atoms with Gasteiger partial charge in [-0.2, -0.15) is 0 Å². The third-order valence-electron chi connectivity index (χ3n) is 1.51. The molecule has 1 rings (SSSR count). The van der Waals surface area contributed by atoms with E-state index in [1.165, 1.54) is 10.6 Å². The highest BCUT2D eigenvalue weighted by atomic mass is 32.1. The maximum Gasteiger partial charge on any atom is 0.0798 e. The van der Waals surface area contributed by atoms with Crippen molar-refractivity contribution < 1.29 is 0 Å². The van der Waals surface area contributed by atoms with Crippen LogP contribution in [0.3, 0.4) is 0 Å². The lowest BCUT2D eigenvalue weighted by Gasteiger charge is -2.02. The normalized spacial score (nSPS) is 10.9. The number of aromatic nitrogens is 1. The summed E-state index contributed by atoms with van der Waals surface area (Å²) < 4.78 is 0. The molecule has 0 spiro atoms. The number of nitrogens with two attached hydrogens (primary N) is 1. The van der Waals surface area contributed by atoms with Crippen LogP contribution >= 0.6 is 11.3 Å². The first-order chi connectivity index (χ1) is 5.24. The maximum absolute atomic E-state index is 5.54. The molecule has 0 unspecified atom stereocenters. The van der Waals surface area contributed by atoms with Crippen molar-refractivity contribution in [3.63, 3.8) is 0 Å². The molecule has 1 aromatic heterocycles. The summed E-state index contributed by atoms with van der Waals surface area (Å²) in [6.45, 7) is 5.02. The average molecular weight is 170 g/mol. The molecule has 0 fully saturated rings. The Bertz CT molecular complexity index is 218. The van der Waals surface area contributed by atoms with E-state index in [4.69, 9.17) is 5.73 Å². The third kappa shape index (κ3) is 2.27. The molecular weight excluding hydrogens is 156 g/mol. The number of thiazole rings is 1. The number of hydrogen-bond donors (Lipinski definition) is 1. The van der Waals surface area contributed by atoms with Crippen molar-refractivity contribution in [3.8, 4) is 0 Å². The smallest absolute Gasteiger partial charge is 0.0798 e. The van der Waals surface area contributed by atoms with Gasteiger partial charge >= 0.3 is 0 Å². The lowest BCUT2D eigenvalue weighted by molar-refractivity contribution is 0.633. The zero-order chi connectivity index (χ0) is 8.27. The summed E-state index contributed by atoms with van der Waals surface area (Å²) >= 11 is 1.66. The second-order valence-corrected chi connectivity index (χ2v) is 3.96. The monoisotopic (exact) mass is 170 g/mol. The largest absolute Gasteiger partial charge is 0.326 e. The minimum atomic E-state index is 0.632. The molecule has 0 aliphatic carbocycles. The summed E-state index contributed by atoms with van der Waals surface area (Å²) in [4.78, 5) is 5.50. The van der Waals surface area contributed by atoms with Crippen molar-refractivity contribution in [2.45, 2.75) is 26.8 Å². The van der Waals surface area contributed by atoms with E-state index < -0.39 is 0 Å². The van der Waals surface area contributed by atoms with Crippen molar-refractivity contribution in [1.29, 1.82) is 0 Å². The molecule has 62 valence electrons. The maximum atomic E-state index is 5.54. The van der Waals surface area contributed by atoms with E-state index in [0.29, 0.717) is 12.5 Å². The molecule has 0 atom stereocenters. The lowest BCUT2D eigenvalue weighted by Crippen LogP contribution is -2.01. The fraction of sp³-hybridized carbons (Fsp3) is 0.625. The predicted molar refractivity (Wildman–Crippen MR) is 48.5 cm³/mol. The topological polar surface area (TPSA) is 38.9 Å². The van der Waals surface area contributed by atoms with Crippen molar-refractivity contribution in [1.82, 2.24) is 4.98 Å². The first-order valence-corrected chi connectivity index (χ1v) is 4.73. The molecule has 0 radical (unpaired) electrons. The fourth-order valence-electron chi connectivity index (χ4n) is 1.01. The Morgan fingerprint density at radius 1 is 1.64 bits per heavy atom. The highest BCUT2D eigenvalue weighted by Crippen LogP contribution is 2.15. The minimum absolute atomic E-state index is 0.632. The Hall–Kier alpha value is -0.410. The van der Waals surface area contributed by atoms with Crippen LogP contribution in [-0.4, -0.2) is 4.98 Å². The van der Waals surface area contributed by atoms with Gasteiger partial charge in [0, 0.05) is 11.4 Å². The molecule has 0 aliphatic heterocycles. The quantitative estimate of drug-likeness (QED) is 0.751. The van der Waals surface area contributed by atoms with Gasteiger partial charge in [0.15, 0.2) is 0 Å². The van der Waals surface area contributed by atoms with E-state index in [9.17, 15) is 0 Å². The predicted octanol–water partition coefficient (Wildman–Crippen LogP) is 1.80. The van der Waals surface area contributed by atoms with Crippen LogP contribution in [0, 0.1) is 5.92 Å².